The van der Waals surface area contributed by atoms with Crippen LogP contribution in [0.1, 0.15) is 42.6 Å². The Morgan fingerprint density at radius 1 is 1.17 bits per heavy atom. The summed E-state index contributed by atoms with van der Waals surface area (Å²) in [4.78, 5) is 31.6. The zero-order chi connectivity index (χ0) is 25.4. The number of amides is 2. The molecule has 0 radical (unpaired) electrons. The first kappa shape index (κ1) is 24.1. The Morgan fingerprint density at radius 2 is 1.89 bits per heavy atom. The second-order valence-corrected chi connectivity index (χ2v) is 10.0. The molecule has 3 aliphatic heterocycles. The molecule has 1 aromatic heterocycles. The number of hydrazone groups is 1. The van der Waals surface area contributed by atoms with E-state index in [1.165, 1.54) is 16.8 Å². The van der Waals surface area contributed by atoms with Crippen molar-refractivity contribution in [3.8, 4) is 11.4 Å². The van der Waals surface area contributed by atoms with Crippen LogP contribution in [0.4, 0.5) is 0 Å². The number of carbonyl (C=O) groups is 2. The standard InChI is InChI=1S/C26H28N6O3S/c1-16-13-18(17(2)31(16)19-7-9-20(35-3)10-8-19)14-21-24(27)32-26(28-25(21)34)36-22(29-32)15-23(33)30-11-5-4-6-12-30/h7-10,13-14,27H,4-6,11-12,15H2,1-3H3. The fraction of sp³-hybridized carbons (Fsp3) is 0.346. The van der Waals surface area contributed by atoms with Crippen molar-refractivity contribution < 1.29 is 14.3 Å². The van der Waals surface area contributed by atoms with Gasteiger partial charge in [-0.05, 0) is 86.8 Å². The minimum absolute atomic E-state index is 0.0287. The molecule has 2 aromatic rings. The first-order valence-corrected chi connectivity index (χ1v) is 12.8. The lowest BCUT2D eigenvalue weighted by atomic mass is 10.1. The summed E-state index contributed by atoms with van der Waals surface area (Å²) in [5.41, 5.74) is 3.90. The van der Waals surface area contributed by atoms with Gasteiger partial charge >= 0.3 is 0 Å². The molecule has 1 N–H and O–H groups in total. The molecule has 0 bridgehead atoms. The van der Waals surface area contributed by atoms with Gasteiger partial charge < -0.3 is 14.2 Å². The lowest BCUT2D eigenvalue weighted by molar-refractivity contribution is -0.130. The number of likely N-dealkylation sites (tertiary alicyclic amines) is 1. The lowest BCUT2D eigenvalue weighted by Crippen LogP contribution is -2.36. The van der Waals surface area contributed by atoms with Crippen molar-refractivity contribution in [2.75, 3.05) is 20.2 Å². The number of ether oxygens (including phenoxy) is 1. The summed E-state index contributed by atoms with van der Waals surface area (Å²) in [5.74, 6) is 0.291. The molecule has 1 aromatic carbocycles. The van der Waals surface area contributed by atoms with Gasteiger partial charge in [-0.25, -0.2) is 0 Å². The van der Waals surface area contributed by atoms with Crippen LogP contribution in [-0.4, -0.2) is 62.5 Å². The van der Waals surface area contributed by atoms with Gasteiger partial charge in [0.25, 0.3) is 5.91 Å². The Kier molecular flexibility index (Phi) is 6.53. The number of aromatic nitrogens is 1. The highest BCUT2D eigenvalue weighted by atomic mass is 32.2. The second-order valence-electron chi connectivity index (χ2n) is 8.99. The largest absolute Gasteiger partial charge is 0.497 e. The molecule has 5 rings (SSSR count). The van der Waals surface area contributed by atoms with E-state index in [9.17, 15) is 9.59 Å². The number of piperidine rings is 1. The minimum Gasteiger partial charge on any atom is -0.497 e. The number of fused-ring (bicyclic) bond motifs is 1. The number of nitrogens with one attached hydrogen (secondary N) is 1. The summed E-state index contributed by atoms with van der Waals surface area (Å²) in [5, 5.41) is 15.4. The molecule has 36 heavy (non-hydrogen) atoms. The van der Waals surface area contributed by atoms with E-state index in [2.05, 4.69) is 14.7 Å². The van der Waals surface area contributed by atoms with Crippen LogP contribution in [0.3, 0.4) is 0 Å². The topological polar surface area (TPSA) is 103 Å². The molecule has 2 amide bonds. The van der Waals surface area contributed by atoms with Crippen LogP contribution in [-0.2, 0) is 9.59 Å². The highest BCUT2D eigenvalue weighted by Crippen LogP contribution is 2.31. The van der Waals surface area contributed by atoms with Crippen LogP contribution in [0, 0.1) is 19.3 Å². The molecule has 3 aliphatic rings. The Bertz CT molecular complexity index is 1330. The van der Waals surface area contributed by atoms with Crippen LogP contribution in [0.25, 0.3) is 11.8 Å². The Labute approximate surface area is 214 Å². The van der Waals surface area contributed by atoms with Gasteiger partial charge in [-0.15, -0.1) is 0 Å². The van der Waals surface area contributed by atoms with Crippen molar-refractivity contribution >= 4 is 45.7 Å². The summed E-state index contributed by atoms with van der Waals surface area (Å²) < 4.78 is 7.35. The maximum Gasteiger partial charge on any atom is 0.283 e. The molecule has 10 heteroatoms. The molecule has 1 fully saturated rings. The average molecular weight is 505 g/mol. The van der Waals surface area contributed by atoms with Gasteiger partial charge in [0.15, 0.2) is 5.84 Å². The third-order valence-corrected chi connectivity index (χ3v) is 7.52. The normalized spacial score (nSPS) is 18.9. The van der Waals surface area contributed by atoms with Crippen molar-refractivity contribution in [2.24, 2.45) is 10.1 Å². The molecule has 0 atom stereocenters. The maximum atomic E-state index is 12.9. The monoisotopic (exact) mass is 504 g/mol. The van der Waals surface area contributed by atoms with Gasteiger partial charge in [0.1, 0.15) is 10.8 Å². The number of rotatable bonds is 5. The highest BCUT2D eigenvalue weighted by Gasteiger charge is 2.36. The third-order valence-electron chi connectivity index (χ3n) is 6.61. The summed E-state index contributed by atoms with van der Waals surface area (Å²) in [6.45, 7) is 5.52. The van der Waals surface area contributed by atoms with Crippen molar-refractivity contribution in [2.45, 2.75) is 39.5 Å². The first-order valence-electron chi connectivity index (χ1n) is 12.0. The van der Waals surface area contributed by atoms with Gasteiger partial charge in [0.2, 0.25) is 11.1 Å². The fourth-order valence-electron chi connectivity index (χ4n) is 4.71. The summed E-state index contributed by atoms with van der Waals surface area (Å²) >= 11 is 1.19. The van der Waals surface area contributed by atoms with Crippen LogP contribution < -0.4 is 4.74 Å². The molecule has 0 saturated carbocycles. The van der Waals surface area contributed by atoms with E-state index in [1.807, 2.05) is 49.1 Å². The first-order chi connectivity index (χ1) is 17.4. The zero-order valence-electron chi connectivity index (χ0n) is 20.6. The van der Waals surface area contributed by atoms with Crippen molar-refractivity contribution in [1.29, 1.82) is 5.41 Å². The van der Waals surface area contributed by atoms with Crippen LogP contribution in [0.2, 0.25) is 0 Å². The Hall–Kier alpha value is -3.66. The van der Waals surface area contributed by atoms with Crippen LogP contribution in [0.15, 0.2) is 46.0 Å². The van der Waals surface area contributed by atoms with E-state index in [1.54, 1.807) is 13.2 Å². The van der Waals surface area contributed by atoms with Crippen LogP contribution in [0.5, 0.6) is 5.75 Å². The molecule has 186 valence electrons. The number of aliphatic imine (C=N–C) groups is 1. The van der Waals surface area contributed by atoms with Crippen molar-refractivity contribution in [3.63, 3.8) is 0 Å². The zero-order valence-corrected chi connectivity index (χ0v) is 21.4. The predicted molar refractivity (Wildman–Crippen MR) is 142 cm³/mol. The van der Waals surface area contributed by atoms with E-state index < -0.39 is 5.91 Å². The quantitative estimate of drug-likeness (QED) is 0.617. The molecular formula is C26H28N6O3S. The summed E-state index contributed by atoms with van der Waals surface area (Å²) in [6.07, 6.45) is 5.06. The number of thioether (sulfide) groups is 1. The van der Waals surface area contributed by atoms with E-state index >= 15 is 0 Å². The molecule has 0 aliphatic carbocycles. The number of amidine groups is 2. The molecule has 0 unspecified atom stereocenters. The fourth-order valence-corrected chi connectivity index (χ4v) is 5.58. The average Bonchev–Trinajstić information content (AvgIpc) is 3.41. The Balaban J connectivity index is 1.38. The van der Waals surface area contributed by atoms with Gasteiger partial charge in [-0.1, -0.05) is 0 Å². The SMILES string of the molecule is COc1ccc(-n2c(C)cc(C=C3C(=N)N4N=C(CC(=O)N5CCCCC5)SC4=NC3=O)c2C)cc1. The number of nitrogens with zero attached hydrogens (tertiary/aromatic N) is 5. The van der Waals surface area contributed by atoms with Gasteiger partial charge in [-0.3, -0.25) is 15.0 Å². The maximum absolute atomic E-state index is 12.9. The molecule has 0 spiro atoms. The van der Waals surface area contributed by atoms with E-state index in [0.29, 0.717) is 10.2 Å². The number of carbonyl (C=O) groups excluding carboxylic acids is 2. The molecule has 4 heterocycles. The van der Waals surface area contributed by atoms with Crippen molar-refractivity contribution in [3.05, 3.63) is 52.9 Å². The van der Waals surface area contributed by atoms with Gasteiger partial charge in [-0.2, -0.15) is 15.1 Å². The van der Waals surface area contributed by atoms with Gasteiger partial charge in [0, 0.05) is 30.2 Å². The van der Waals surface area contributed by atoms with Gasteiger partial charge in [0.05, 0.1) is 19.1 Å². The number of hydrogen-bond acceptors (Lipinski definition) is 6. The Morgan fingerprint density at radius 3 is 2.58 bits per heavy atom. The number of aryl methyl sites for hydroxylation is 1. The third kappa shape index (κ3) is 4.48. The smallest absolute Gasteiger partial charge is 0.283 e. The lowest BCUT2D eigenvalue weighted by Gasteiger charge is -2.26. The second kappa shape index (κ2) is 9.77. The number of methoxy groups -OCH3 is 1. The molecule has 9 nitrogen and oxygen atoms in total. The van der Waals surface area contributed by atoms with E-state index in [4.69, 9.17) is 10.1 Å². The van der Waals surface area contributed by atoms with E-state index in [0.717, 1.165) is 60.7 Å². The highest BCUT2D eigenvalue weighted by molar-refractivity contribution is 8.27. The minimum atomic E-state index is -0.480. The summed E-state index contributed by atoms with van der Waals surface area (Å²) in [7, 11) is 1.63. The molecule has 1 saturated heterocycles. The molecular weight excluding hydrogens is 476 g/mol. The predicted octanol–water partition coefficient (Wildman–Crippen LogP) is 4.12. The number of hydrogen-bond donors (Lipinski definition) is 1. The van der Waals surface area contributed by atoms with Crippen molar-refractivity contribution in [1.82, 2.24) is 14.5 Å². The van der Waals surface area contributed by atoms with E-state index in [-0.39, 0.29) is 23.7 Å². The summed E-state index contributed by atoms with van der Waals surface area (Å²) in [6, 6.07) is 9.74. The number of benzene rings is 1. The van der Waals surface area contributed by atoms with Crippen LogP contribution >= 0.6 is 11.8 Å².